The number of nitrogen functional groups attached to an aromatic ring is 2. The van der Waals surface area contributed by atoms with Crippen molar-refractivity contribution in [1.82, 2.24) is 10.0 Å². The highest BCUT2D eigenvalue weighted by Gasteiger charge is 2.09. The first-order valence-electron chi connectivity index (χ1n) is 5.17. The van der Waals surface area contributed by atoms with Gasteiger partial charge in [-0.1, -0.05) is 0 Å². The van der Waals surface area contributed by atoms with Crippen molar-refractivity contribution in [2.45, 2.75) is 0 Å². The minimum atomic E-state index is -3.24. The Kier molecular flexibility index (Phi) is 4.51. The zero-order valence-electron chi connectivity index (χ0n) is 9.93. The van der Waals surface area contributed by atoms with E-state index in [4.69, 9.17) is 11.5 Å². The summed E-state index contributed by atoms with van der Waals surface area (Å²) in [5, 5.41) is 2.55. The summed E-state index contributed by atoms with van der Waals surface area (Å²) in [7, 11) is -3.24. The number of benzene rings is 1. The second-order valence-corrected chi connectivity index (χ2v) is 5.60. The average Bonchev–Trinajstić information content (AvgIpc) is 2.22. The molecule has 0 aliphatic carbocycles. The van der Waals surface area contributed by atoms with Gasteiger partial charge in [0.1, 0.15) is 0 Å². The SMILES string of the molecule is CS(=O)(=O)NCCNC(=O)c1ccc(N)cc1N. The minimum Gasteiger partial charge on any atom is -0.399 e. The maximum atomic E-state index is 11.7. The van der Waals surface area contributed by atoms with E-state index in [1.54, 1.807) is 6.07 Å². The molecule has 0 atom stereocenters. The molecule has 0 spiro atoms. The Bertz CT molecular complexity index is 542. The summed E-state index contributed by atoms with van der Waals surface area (Å²) in [6.45, 7) is 0.301. The predicted molar refractivity (Wildman–Crippen MR) is 70.4 cm³/mol. The van der Waals surface area contributed by atoms with Gasteiger partial charge in [0.2, 0.25) is 10.0 Å². The minimum absolute atomic E-state index is 0.124. The number of nitrogens with one attached hydrogen (secondary N) is 2. The van der Waals surface area contributed by atoms with E-state index in [0.29, 0.717) is 11.3 Å². The molecule has 1 aromatic rings. The van der Waals surface area contributed by atoms with E-state index in [-0.39, 0.29) is 24.7 Å². The molecular weight excluding hydrogens is 256 g/mol. The molecule has 8 heteroatoms. The van der Waals surface area contributed by atoms with Gasteiger partial charge in [0.25, 0.3) is 5.91 Å². The Labute approximate surface area is 106 Å². The molecule has 0 heterocycles. The lowest BCUT2D eigenvalue weighted by molar-refractivity contribution is 0.0955. The zero-order chi connectivity index (χ0) is 13.8. The van der Waals surface area contributed by atoms with Crippen LogP contribution < -0.4 is 21.5 Å². The monoisotopic (exact) mass is 272 g/mol. The fourth-order valence-electron chi connectivity index (χ4n) is 1.30. The highest BCUT2D eigenvalue weighted by Crippen LogP contribution is 2.15. The summed E-state index contributed by atoms with van der Waals surface area (Å²) < 4.78 is 23.8. The lowest BCUT2D eigenvalue weighted by Crippen LogP contribution is -2.34. The van der Waals surface area contributed by atoms with E-state index < -0.39 is 10.0 Å². The fourth-order valence-corrected chi connectivity index (χ4v) is 1.77. The van der Waals surface area contributed by atoms with Gasteiger partial charge < -0.3 is 16.8 Å². The summed E-state index contributed by atoms with van der Waals surface area (Å²) in [5.41, 5.74) is 12.2. The lowest BCUT2D eigenvalue weighted by atomic mass is 10.1. The molecule has 0 aliphatic rings. The van der Waals surface area contributed by atoms with Gasteiger partial charge in [-0.15, -0.1) is 0 Å². The summed E-state index contributed by atoms with van der Waals surface area (Å²) >= 11 is 0. The standard InChI is InChI=1S/C10H16N4O3S/c1-18(16,17)14-5-4-13-10(15)8-3-2-7(11)6-9(8)12/h2-3,6,14H,4-5,11-12H2,1H3,(H,13,15). The van der Waals surface area contributed by atoms with Gasteiger partial charge in [0.15, 0.2) is 0 Å². The molecule has 0 bridgehead atoms. The van der Waals surface area contributed by atoms with Crippen molar-refractivity contribution in [2.24, 2.45) is 0 Å². The fraction of sp³-hybridized carbons (Fsp3) is 0.300. The van der Waals surface area contributed by atoms with Gasteiger partial charge in [-0.25, -0.2) is 13.1 Å². The van der Waals surface area contributed by atoms with Crippen LogP contribution in [-0.4, -0.2) is 33.7 Å². The lowest BCUT2D eigenvalue weighted by Gasteiger charge is -2.08. The highest BCUT2D eigenvalue weighted by atomic mass is 32.2. The smallest absolute Gasteiger partial charge is 0.253 e. The predicted octanol–water partition coefficient (Wildman–Crippen LogP) is -0.870. The Balaban J connectivity index is 2.51. The molecule has 0 radical (unpaired) electrons. The quantitative estimate of drug-likeness (QED) is 0.409. The molecule has 0 saturated heterocycles. The average molecular weight is 272 g/mol. The van der Waals surface area contributed by atoms with Crippen LogP contribution in [0, 0.1) is 0 Å². The molecule has 7 nitrogen and oxygen atoms in total. The molecule has 18 heavy (non-hydrogen) atoms. The Hall–Kier alpha value is -1.80. The molecule has 1 amide bonds. The maximum absolute atomic E-state index is 11.7. The van der Waals surface area contributed by atoms with E-state index >= 15 is 0 Å². The van der Waals surface area contributed by atoms with Gasteiger partial charge >= 0.3 is 0 Å². The van der Waals surface area contributed by atoms with Crippen LogP contribution in [-0.2, 0) is 10.0 Å². The molecule has 0 aromatic heterocycles. The van der Waals surface area contributed by atoms with Crippen LogP contribution in [0.15, 0.2) is 18.2 Å². The summed E-state index contributed by atoms with van der Waals surface area (Å²) in [6.07, 6.45) is 1.05. The van der Waals surface area contributed by atoms with Gasteiger partial charge in [-0.05, 0) is 18.2 Å². The van der Waals surface area contributed by atoms with Gasteiger partial charge in [0.05, 0.1) is 11.8 Å². The maximum Gasteiger partial charge on any atom is 0.253 e. The van der Waals surface area contributed by atoms with Crippen molar-refractivity contribution in [3.8, 4) is 0 Å². The van der Waals surface area contributed by atoms with Gasteiger partial charge in [-0.3, -0.25) is 4.79 Å². The number of rotatable bonds is 5. The first-order valence-corrected chi connectivity index (χ1v) is 7.06. The number of carbonyl (C=O) groups excluding carboxylic acids is 1. The molecular formula is C10H16N4O3S. The van der Waals surface area contributed by atoms with E-state index in [1.165, 1.54) is 12.1 Å². The number of carbonyl (C=O) groups is 1. The third-order valence-electron chi connectivity index (χ3n) is 2.10. The largest absolute Gasteiger partial charge is 0.399 e. The van der Waals surface area contributed by atoms with Crippen LogP contribution in [0.4, 0.5) is 11.4 Å². The van der Waals surface area contributed by atoms with Crippen molar-refractivity contribution in [1.29, 1.82) is 0 Å². The summed E-state index contributed by atoms with van der Waals surface area (Å²) in [5.74, 6) is -0.372. The molecule has 1 aromatic carbocycles. The van der Waals surface area contributed by atoms with E-state index in [9.17, 15) is 13.2 Å². The van der Waals surface area contributed by atoms with Crippen LogP contribution in [0.2, 0.25) is 0 Å². The molecule has 100 valence electrons. The number of hydrogen-bond donors (Lipinski definition) is 4. The third-order valence-corrected chi connectivity index (χ3v) is 2.82. The van der Waals surface area contributed by atoms with Crippen LogP contribution in [0.3, 0.4) is 0 Å². The number of amides is 1. The molecule has 1 rings (SSSR count). The van der Waals surface area contributed by atoms with Gasteiger partial charge in [-0.2, -0.15) is 0 Å². The summed E-state index contributed by atoms with van der Waals surface area (Å²) in [4.78, 5) is 11.7. The molecule has 6 N–H and O–H groups in total. The third kappa shape index (κ3) is 4.60. The molecule has 0 aliphatic heterocycles. The van der Waals surface area contributed by atoms with E-state index in [1.807, 2.05) is 0 Å². The van der Waals surface area contributed by atoms with Crippen molar-refractivity contribution >= 4 is 27.3 Å². The highest BCUT2D eigenvalue weighted by molar-refractivity contribution is 7.88. The first kappa shape index (κ1) is 14.3. The van der Waals surface area contributed by atoms with Crippen molar-refractivity contribution in [3.63, 3.8) is 0 Å². The van der Waals surface area contributed by atoms with Crippen LogP contribution in [0.1, 0.15) is 10.4 Å². The molecule has 0 fully saturated rings. The Morgan fingerprint density at radius 3 is 2.50 bits per heavy atom. The van der Waals surface area contributed by atoms with Crippen molar-refractivity contribution in [3.05, 3.63) is 23.8 Å². The summed E-state index contributed by atoms with van der Waals surface area (Å²) in [6, 6.07) is 4.58. The van der Waals surface area contributed by atoms with E-state index in [0.717, 1.165) is 6.26 Å². The second kappa shape index (κ2) is 5.69. The Morgan fingerprint density at radius 1 is 1.28 bits per heavy atom. The topological polar surface area (TPSA) is 127 Å². The van der Waals surface area contributed by atoms with Crippen molar-refractivity contribution in [2.75, 3.05) is 30.8 Å². The second-order valence-electron chi connectivity index (χ2n) is 3.77. The number of sulfonamides is 1. The normalized spacial score (nSPS) is 11.2. The van der Waals surface area contributed by atoms with Crippen LogP contribution in [0.25, 0.3) is 0 Å². The molecule has 0 saturated carbocycles. The number of nitrogens with two attached hydrogens (primary N) is 2. The molecule has 0 unspecified atom stereocenters. The Morgan fingerprint density at radius 2 is 1.94 bits per heavy atom. The van der Waals surface area contributed by atoms with Gasteiger partial charge in [0, 0.05) is 24.5 Å². The number of anilines is 2. The zero-order valence-corrected chi connectivity index (χ0v) is 10.8. The van der Waals surface area contributed by atoms with E-state index in [2.05, 4.69) is 10.0 Å². The van der Waals surface area contributed by atoms with Crippen LogP contribution in [0.5, 0.6) is 0 Å². The van der Waals surface area contributed by atoms with Crippen molar-refractivity contribution < 1.29 is 13.2 Å². The first-order chi connectivity index (χ1) is 8.29. The number of hydrogen-bond acceptors (Lipinski definition) is 5. The van der Waals surface area contributed by atoms with Crippen LogP contribution >= 0.6 is 0 Å².